The first kappa shape index (κ1) is 34.2. The Labute approximate surface area is 287 Å². The summed E-state index contributed by atoms with van der Waals surface area (Å²) in [5.74, 6) is 0.515. The Morgan fingerprint density at radius 2 is 1.52 bits per heavy atom. The van der Waals surface area contributed by atoms with E-state index in [9.17, 15) is 19.5 Å². The van der Waals surface area contributed by atoms with Crippen molar-refractivity contribution in [3.05, 3.63) is 134 Å². The van der Waals surface area contributed by atoms with Gasteiger partial charge in [0.25, 0.3) is 6.01 Å². The number of methoxy groups -OCH3 is 1. The molecule has 4 aromatic carbocycles. The zero-order valence-corrected chi connectivity index (χ0v) is 28.6. The number of aryl methyl sites for hydroxylation is 1. The molecule has 1 heterocycles. The first-order valence-electron chi connectivity index (χ1n) is 15.5. The van der Waals surface area contributed by atoms with E-state index in [2.05, 4.69) is 26.2 Å². The van der Waals surface area contributed by atoms with Crippen molar-refractivity contribution in [2.75, 3.05) is 19.0 Å². The van der Waals surface area contributed by atoms with Crippen LogP contribution in [0, 0.1) is 6.92 Å². The maximum absolute atomic E-state index is 14.0. The van der Waals surface area contributed by atoms with Crippen molar-refractivity contribution < 1.29 is 23.8 Å². The van der Waals surface area contributed by atoms with Gasteiger partial charge in [-0.05, 0) is 75.8 Å². The van der Waals surface area contributed by atoms with Gasteiger partial charge >= 0.3 is 11.7 Å². The van der Waals surface area contributed by atoms with Crippen LogP contribution in [0.2, 0.25) is 0 Å². The molecule has 5 aromatic rings. The second kappa shape index (κ2) is 15.6. The number of nitrogens with one attached hydrogen (secondary N) is 1. The van der Waals surface area contributed by atoms with E-state index in [-0.39, 0.29) is 30.4 Å². The second-order valence-corrected chi connectivity index (χ2v) is 12.2. The number of halogens is 1. The molecule has 1 aromatic heterocycles. The molecule has 2 N–H and O–H groups in total. The summed E-state index contributed by atoms with van der Waals surface area (Å²) >= 11 is 3.55. The number of carbonyl (C=O) groups is 2. The fraction of sp³-hybridized carbons (Fsp3) is 0.243. The van der Waals surface area contributed by atoms with Gasteiger partial charge in [-0.1, -0.05) is 72.8 Å². The van der Waals surface area contributed by atoms with Gasteiger partial charge in [-0.3, -0.25) is 9.69 Å². The third kappa shape index (κ3) is 8.21. The number of amides is 2. The first-order valence-corrected chi connectivity index (χ1v) is 16.3. The number of fused-ring (bicyclic) bond motifs is 1. The number of benzene rings is 4. The Kier molecular flexibility index (Phi) is 11.1. The lowest BCUT2D eigenvalue weighted by atomic mass is 10.0. The van der Waals surface area contributed by atoms with Gasteiger partial charge < -0.3 is 24.5 Å². The van der Waals surface area contributed by atoms with Gasteiger partial charge in [0.05, 0.1) is 18.0 Å². The van der Waals surface area contributed by atoms with Crippen molar-refractivity contribution in [2.45, 2.75) is 45.9 Å². The third-order valence-corrected chi connectivity index (χ3v) is 8.78. The smallest absolute Gasteiger partial charge is 0.407 e. The highest BCUT2D eigenvalue weighted by atomic mass is 79.9. The molecular formula is C37H37BrN4O6. The molecule has 248 valence electrons. The zero-order valence-electron chi connectivity index (χ0n) is 27.0. The van der Waals surface area contributed by atoms with Crippen LogP contribution in [0.25, 0.3) is 10.9 Å². The number of carbonyl (C=O) groups excluding carboxylic acids is 1. The van der Waals surface area contributed by atoms with Gasteiger partial charge in [-0.25, -0.2) is 9.59 Å². The Balaban J connectivity index is 1.46. The third-order valence-electron chi connectivity index (χ3n) is 8.18. The molecule has 0 radical (unpaired) electrons. The van der Waals surface area contributed by atoms with E-state index in [1.807, 2.05) is 91.9 Å². The number of aromatic nitrogens is 1. The van der Waals surface area contributed by atoms with E-state index >= 15 is 0 Å². The topological polar surface area (TPSA) is 125 Å². The number of hydrogen-bond donors (Lipinski definition) is 2. The van der Waals surface area contributed by atoms with E-state index in [1.54, 1.807) is 25.0 Å². The molecule has 0 fully saturated rings. The minimum Gasteiger partial charge on any atom is -0.497 e. The van der Waals surface area contributed by atoms with Crippen LogP contribution in [0.1, 0.15) is 34.7 Å². The van der Waals surface area contributed by atoms with E-state index in [0.29, 0.717) is 46.4 Å². The Hall–Kier alpha value is -5.16. The molecule has 0 bridgehead atoms. The van der Waals surface area contributed by atoms with Crippen molar-refractivity contribution in [2.24, 2.45) is 0 Å². The fourth-order valence-corrected chi connectivity index (χ4v) is 6.12. The monoisotopic (exact) mass is 712 g/mol. The highest BCUT2D eigenvalue weighted by Crippen LogP contribution is 2.29. The van der Waals surface area contributed by atoms with Gasteiger partial charge in [0, 0.05) is 37.1 Å². The van der Waals surface area contributed by atoms with Crippen LogP contribution in [-0.4, -0.2) is 51.6 Å². The van der Waals surface area contributed by atoms with E-state index < -0.39 is 17.8 Å². The average Bonchev–Trinajstić information content (AvgIpc) is 3.09. The van der Waals surface area contributed by atoms with Crippen LogP contribution in [0.5, 0.6) is 5.75 Å². The van der Waals surface area contributed by atoms with E-state index in [0.717, 1.165) is 16.7 Å². The molecule has 0 aliphatic rings. The number of carboxylic acid groups (broad SMARTS) is 1. The van der Waals surface area contributed by atoms with Crippen molar-refractivity contribution in [3.63, 3.8) is 0 Å². The molecule has 11 heteroatoms. The summed E-state index contributed by atoms with van der Waals surface area (Å²) in [5.41, 5.74) is 3.60. The molecule has 5 rings (SSSR count). The lowest BCUT2D eigenvalue weighted by molar-refractivity contribution is -0.132. The van der Waals surface area contributed by atoms with Gasteiger partial charge in [-0.2, -0.15) is 4.98 Å². The number of hydrogen-bond acceptors (Lipinski definition) is 7. The number of rotatable bonds is 13. The molecule has 2 amide bonds. The standard InChI is InChI=1S/C37H37BrN4O6/c1-4-41(21-26-11-7-5-8-12-26)34(43)31(19-25-15-17-29(47-3)18-16-25)39-36-40-33-30(38)20-28(24(2)32(33)35(44)48-36)23-42(37(45)46)22-27-13-9-6-10-14-27/h5-18,20,31H,4,19,21-23H2,1-3H3,(H,39,40)(H,45,46). The maximum Gasteiger partial charge on any atom is 0.407 e. The average molecular weight is 714 g/mol. The van der Waals surface area contributed by atoms with Crippen molar-refractivity contribution in [1.29, 1.82) is 0 Å². The van der Waals surface area contributed by atoms with Gasteiger partial charge in [0.1, 0.15) is 11.8 Å². The van der Waals surface area contributed by atoms with Crippen LogP contribution in [0.4, 0.5) is 10.8 Å². The van der Waals surface area contributed by atoms with E-state index in [1.165, 1.54) is 4.90 Å². The van der Waals surface area contributed by atoms with Crippen LogP contribution < -0.4 is 15.7 Å². The summed E-state index contributed by atoms with van der Waals surface area (Å²) in [6.45, 7) is 4.78. The van der Waals surface area contributed by atoms with Gasteiger partial charge in [0.15, 0.2) is 0 Å². The number of nitrogens with zero attached hydrogens (tertiary/aromatic N) is 3. The van der Waals surface area contributed by atoms with Gasteiger partial charge in [-0.15, -0.1) is 0 Å². The molecule has 0 spiro atoms. The molecule has 1 atom stereocenters. The quantitative estimate of drug-likeness (QED) is 0.133. The summed E-state index contributed by atoms with van der Waals surface area (Å²) in [7, 11) is 1.59. The second-order valence-electron chi connectivity index (χ2n) is 11.4. The van der Waals surface area contributed by atoms with Crippen molar-refractivity contribution in [3.8, 4) is 5.75 Å². The summed E-state index contributed by atoms with van der Waals surface area (Å²) in [6.07, 6.45) is -0.788. The van der Waals surface area contributed by atoms with Crippen LogP contribution in [0.15, 0.2) is 105 Å². The lowest BCUT2D eigenvalue weighted by Gasteiger charge is -2.27. The number of anilines is 1. The maximum atomic E-state index is 14.0. The van der Waals surface area contributed by atoms with Gasteiger partial charge in [0.2, 0.25) is 5.91 Å². The Morgan fingerprint density at radius 1 is 0.917 bits per heavy atom. The fourth-order valence-electron chi connectivity index (χ4n) is 5.55. The SMILES string of the molecule is CCN(Cc1ccccc1)C(=O)C(Cc1ccc(OC)cc1)Nc1nc2c(Br)cc(CN(Cc3ccccc3)C(=O)O)c(C)c2c(=O)o1. The zero-order chi connectivity index (χ0) is 34.2. The molecule has 0 saturated carbocycles. The molecule has 48 heavy (non-hydrogen) atoms. The minimum absolute atomic E-state index is 0.0523. The largest absolute Gasteiger partial charge is 0.497 e. The van der Waals surface area contributed by atoms with Crippen LogP contribution >= 0.6 is 15.9 Å². The molecule has 0 aliphatic carbocycles. The summed E-state index contributed by atoms with van der Waals surface area (Å²) in [5, 5.41) is 13.3. The molecule has 1 unspecified atom stereocenters. The van der Waals surface area contributed by atoms with Crippen molar-refractivity contribution in [1.82, 2.24) is 14.8 Å². The lowest BCUT2D eigenvalue weighted by Crippen LogP contribution is -2.44. The molecule has 0 saturated heterocycles. The summed E-state index contributed by atoms with van der Waals surface area (Å²) < 4.78 is 11.5. The minimum atomic E-state index is -1.08. The molecule has 10 nitrogen and oxygen atoms in total. The van der Waals surface area contributed by atoms with Crippen LogP contribution in [-0.2, 0) is 30.8 Å². The Bertz CT molecular complexity index is 1930. The predicted molar refractivity (Wildman–Crippen MR) is 188 cm³/mol. The van der Waals surface area contributed by atoms with Crippen molar-refractivity contribution >= 4 is 44.8 Å². The molecular weight excluding hydrogens is 676 g/mol. The Morgan fingerprint density at radius 3 is 2.08 bits per heavy atom. The number of likely N-dealkylation sites (N-methyl/N-ethyl adjacent to an activating group) is 1. The predicted octanol–water partition coefficient (Wildman–Crippen LogP) is 7.02. The van der Waals surface area contributed by atoms with E-state index in [4.69, 9.17) is 9.15 Å². The normalized spacial score (nSPS) is 11.6. The number of ether oxygens (including phenoxy) is 1. The summed E-state index contributed by atoms with van der Waals surface area (Å²) in [4.78, 5) is 47.4. The molecule has 0 aliphatic heterocycles. The summed E-state index contributed by atoms with van der Waals surface area (Å²) in [6, 6.07) is 27.3. The first-order chi connectivity index (χ1) is 23.2. The van der Waals surface area contributed by atoms with Crippen LogP contribution in [0.3, 0.4) is 0 Å². The highest BCUT2D eigenvalue weighted by molar-refractivity contribution is 9.10. The highest BCUT2D eigenvalue weighted by Gasteiger charge is 2.27.